The van der Waals surface area contributed by atoms with E-state index in [1.54, 1.807) is 20.1 Å². The predicted molar refractivity (Wildman–Crippen MR) is 95.5 cm³/mol. The van der Waals surface area contributed by atoms with E-state index in [2.05, 4.69) is 38.3 Å². The second-order valence-corrected chi connectivity index (χ2v) is 7.95. The lowest BCUT2D eigenvalue weighted by atomic mass is 9.79. The molecule has 1 saturated heterocycles. The van der Waals surface area contributed by atoms with Crippen molar-refractivity contribution in [2.24, 2.45) is 0 Å². The van der Waals surface area contributed by atoms with E-state index >= 15 is 0 Å². The molecule has 1 atom stereocenters. The Morgan fingerprint density at radius 2 is 1.79 bits per heavy atom. The van der Waals surface area contributed by atoms with E-state index in [1.165, 1.54) is 0 Å². The van der Waals surface area contributed by atoms with Gasteiger partial charge in [-0.15, -0.1) is 0 Å². The number of methoxy groups -OCH3 is 1. The van der Waals surface area contributed by atoms with Gasteiger partial charge in [0.15, 0.2) is 6.10 Å². The van der Waals surface area contributed by atoms with Gasteiger partial charge in [0.05, 0.1) is 7.11 Å². The van der Waals surface area contributed by atoms with Crippen molar-refractivity contribution in [3.8, 4) is 11.5 Å². The molecule has 1 amide bonds. The van der Waals surface area contributed by atoms with Crippen LogP contribution in [0.3, 0.4) is 0 Å². The van der Waals surface area contributed by atoms with Crippen molar-refractivity contribution in [2.75, 3.05) is 7.11 Å². The zero-order chi connectivity index (χ0) is 18.0. The summed E-state index contributed by atoms with van der Waals surface area (Å²) in [6.07, 6.45) is 1.24. The second kappa shape index (κ2) is 7.01. The summed E-state index contributed by atoms with van der Waals surface area (Å²) in [7, 11) is 1.61. The summed E-state index contributed by atoms with van der Waals surface area (Å²) in [5, 5.41) is 6.76. The molecule has 1 aliphatic heterocycles. The average molecular weight is 334 g/mol. The molecule has 1 fully saturated rings. The molecule has 5 heteroatoms. The highest BCUT2D eigenvalue weighted by atomic mass is 16.5. The zero-order valence-electron chi connectivity index (χ0n) is 15.6. The number of carbonyl (C=O) groups excluding carboxylic acids is 1. The molecule has 1 heterocycles. The van der Waals surface area contributed by atoms with Crippen LogP contribution in [0.5, 0.6) is 11.5 Å². The molecule has 1 aliphatic rings. The lowest BCUT2D eigenvalue weighted by Crippen LogP contribution is -2.62. The minimum atomic E-state index is -0.557. The molecule has 2 rings (SSSR count). The highest BCUT2D eigenvalue weighted by molar-refractivity contribution is 5.81. The first kappa shape index (κ1) is 18.6. The van der Waals surface area contributed by atoms with Gasteiger partial charge in [0.2, 0.25) is 0 Å². The van der Waals surface area contributed by atoms with Crippen molar-refractivity contribution in [2.45, 2.75) is 70.7 Å². The minimum Gasteiger partial charge on any atom is -0.497 e. The molecule has 2 N–H and O–H groups in total. The van der Waals surface area contributed by atoms with Crippen molar-refractivity contribution in [3.05, 3.63) is 24.3 Å². The van der Waals surface area contributed by atoms with Crippen molar-refractivity contribution < 1.29 is 14.3 Å². The maximum atomic E-state index is 12.5. The number of hydrogen-bond acceptors (Lipinski definition) is 4. The molecule has 0 aliphatic carbocycles. The first-order chi connectivity index (χ1) is 11.1. The number of nitrogens with one attached hydrogen (secondary N) is 2. The summed E-state index contributed by atoms with van der Waals surface area (Å²) in [5.74, 6) is 1.25. The summed E-state index contributed by atoms with van der Waals surface area (Å²) in [6, 6.07) is 7.43. The van der Waals surface area contributed by atoms with Crippen LogP contribution in [0.4, 0.5) is 0 Å². The molecular formula is C19H30N2O3. The quantitative estimate of drug-likeness (QED) is 0.869. The Morgan fingerprint density at radius 1 is 1.21 bits per heavy atom. The van der Waals surface area contributed by atoms with Crippen molar-refractivity contribution in [3.63, 3.8) is 0 Å². The van der Waals surface area contributed by atoms with E-state index in [4.69, 9.17) is 9.47 Å². The van der Waals surface area contributed by atoms with E-state index in [9.17, 15) is 4.79 Å². The summed E-state index contributed by atoms with van der Waals surface area (Å²) < 4.78 is 10.9. The Morgan fingerprint density at radius 3 is 2.38 bits per heavy atom. The van der Waals surface area contributed by atoms with Gasteiger partial charge in [-0.3, -0.25) is 4.79 Å². The molecule has 0 radical (unpaired) electrons. The summed E-state index contributed by atoms with van der Waals surface area (Å²) >= 11 is 0. The van der Waals surface area contributed by atoms with Gasteiger partial charge in [-0.25, -0.2) is 0 Å². The average Bonchev–Trinajstić information content (AvgIpc) is 2.43. The van der Waals surface area contributed by atoms with Crippen molar-refractivity contribution >= 4 is 5.91 Å². The van der Waals surface area contributed by atoms with Crippen LogP contribution in [-0.4, -0.2) is 36.2 Å². The third kappa shape index (κ3) is 5.13. The Bertz CT molecular complexity index is 568. The van der Waals surface area contributed by atoms with Crippen LogP contribution in [0.25, 0.3) is 0 Å². The van der Waals surface area contributed by atoms with E-state index in [0.717, 1.165) is 12.8 Å². The largest absolute Gasteiger partial charge is 0.497 e. The maximum absolute atomic E-state index is 12.5. The number of ether oxygens (including phenoxy) is 2. The molecule has 24 heavy (non-hydrogen) atoms. The monoisotopic (exact) mass is 334 g/mol. The molecule has 134 valence electrons. The molecule has 0 aromatic heterocycles. The highest BCUT2D eigenvalue weighted by Gasteiger charge is 2.38. The molecule has 1 aromatic rings. The number of benzene rings is 1. The Balaban J connectivity index is 1.95. The van der Waals surface area contributed by atoms with Crippen LogP contribution in [0, 0.1) is 0 Å². The minimum absolute atomic E-state index is 0.00338. The van der Waals surface area contributed by atoms with Crippen LogP contribution in [0.1, 0.15) is 47.5 Å². The van der Waals surface area contributed by atoms with Crippen LogP contribution in [-0.2, 0) is 4.79 Å². The Kier molecular flexibility index (Phi) is 5.43. The van der Waals surface area contributed by atoms with Gasteiger partial charge in [0, 0.05) is 23.2 Å². The Hall–Kier alpha value is -1.75. The van der Waals surface area contributed by atoms with Gasteiger partial charge in [0.25, 0.3) is 5.91 Å². The number of amides is 1. The number of rotatable bonds is 5. The van der Waals surface area contributed by atoms with Gasteiger partial charge in [0.1, 0.15) is 11.5 Å². The fourth-order valence-corrected chi connectivity index (χ4v) is 3.68. The predicted octanol–water partition coefficient (Wildman–Crippen LogP) is 2.89. The maximum Gasteiger partial charge on any atom is 0.260 e. The van der Waals surface area contributed by atoms with E-state index in [-0.39, 0.29) is 23.0 Å². The normalized spacial score (nSPS) is 20.9. The lowest BCUT2D eigenvalue weighted by Gasteiger charge is -2.46. The zero-order valence-corrected chi connectivity index (χ0v) is 15.6. The fourth-order valence-electron chi connectivity index (χ4n) is 3.68. The topological polar surface area (TPSA) is 59.6 Å². The van der Waals surface area contributed by atoms with Crippen LogP contribution in [0.15, 0.2) is 24.3 Å². The van der Waals surface area contributed by atoms with Gasteiger partial charge in [-0.05, 0) is 59.6 Å². The van der Waals surface area contributed by atoms with E-state index < -0.39 is 6.10 Å². The Labute approximate surface area is 145 Å². The van der Waals surface area contributed by atoms with Crippen LogP contribution < -0.4 is 20.1 Å². The first-order valence-electron chi connectivity index (χ1n) is 8.51. The molecule has 0 saturated carbocycles. The standard InChI is InChI=1S/C19H30N2O3/c1-13(24-16-9-7-8-15(10-16)23-6)17(22)20-14-11-18(2,3)21-19(4,5)12-14/h7-10,13-14,21H,11-12H2,1-6H3,(H,20,22). The van der Waals surface area contributed by atoms with E-state index in [0.29, 0.717) is 11.5 Å². The van der Waals surface area contributed by atoms with Crippen LogP contribution >= 0.6 is 0 Å². The SMILES string of the molecule is COc1cccc(OC(C)C(=O)NC2CC(C)(C)NC(C)(C)C2)c1. The highest BCUT2D eigenvalue weighted by Crippen LogP contribution is 2.28. The summed E-state index contributed by atoms with van der Waals surface area (Å²) in [5.41, 5.74) is -0.00677. The molecule has 1 unspecified atom stereocenters. The molecule has 0 bridgehead atoms. The summed E-state index contributed by atoms with van der Waals surface area (Å²) in [4.78, 5) is 12.5. The lowest BCUT2D eigenvalue weighted by molar-refractivity contribution is -0.128. The number of carbonyl (C=O) groups is 1. The number of hydrogen-bond donors (Lipinski definition) is 2. The molecular weight excluding hydrogens is 304 g/mol. The molecule has 5 nitrogen and oxygen atoms in total. The van der Waals surface area contributed by atoms with Gasteiger partial charge < -0.3 is 20.1 Å². The number of piperidine rings is 1. The van der Waals surface area contributed by atoms with Crippen molar-refractivity contribution in [1.82, 2.24) is 10.6 Å². The third-order valence-corrected chi connectivity index (χ3v) is 4.26. The molecule has 0 spiro atoms. The van der Waals surface area contributed by atoms with Gasteiger partial charge in [-0.1, -0.05) is 6.07 Å². The van der Waals surface area contributed by atoms with Gasteiger partial charge >= 0.3 is 0 Å². The third-order valence-electron chi connectivity index (χ3n) is 4.26. The second-order valence-electron chi connectivity index (χ2n) is 7.95. The van der Waals surface area contributed by atoms with E-state index in [1.807, 2.05) is 18.2 Å². The van der Waals surface area contributed by atoms with Gasteiger partial charge in [-0.2, -0.15) is 0 Å². The van der Waals surface area contributed by atoms with Crippen molar-refractivity contribution in [1.29, 1.82) is 0 Å². The molecule has 1 aromatic carbocycles. The fraction of sp³-hybridized carbons (Fsp3) is 0.632. The van der Waals surface area contributed by atoms with Crippen LogP contribution in [0.2, 0.25) is 0 Å². The smallest absolute Gasteiger partial charge is 0.260 e. The summed E-state index contributed by atoms with van der Waals surface area (Å²) in [6.45, 7) is 10.4. The first-order valence-corrected chi connectivity index (χ1v) is 8.51.